The van der Waals surface area contributed by atoms with Crippen LogP contribution in [-0.4, -0.2) is 30.8 Å². The molecule has 0 unspecified atom stereocenters. The predicted octanol–water partition coefficient (Wildman–Crippen LogP) is 0.657. The minimum absolute atomic E-state index is 0.359. The number of hydrogen-bond donors (Lipinski definition) is 2. The SMILES string of the molecule is CCc1c[nH]c(=S)n1CCNS(C)(=O)=O. The third-order valence-corrected chi connectivity index (χ3v) is 3.08. The van der Waals surface area contributed by atoms with Crippen LogP contribution in [0.15, 0.2) is 6.20 Å². The van der Waals surface area contributed by atoms with Gasteiger partial charge in [0.05, 0.1) is 6.26 Å². The number of nitrogens with one attached hydrogen (secondary N) is 2. The lowest BCUT2D eigenvalue weighted by Crippen LogP contribution is -2.26. The van der Waals surface area contributed by atoms with E-state index in [0.717, 1.165) is 18.4 Å². The van der Waals surface area contributed by atoms with Crippen molar-refractivity contribution in [3.63, 3.8) is 0 Å². The van der Waals surface area contributed by atoms with E-state index < -0.39 is 10.0 Å². The lowest BCUT2D eigenvalue weighted by Gasteiger charge is -2.06. The van der Waals surface area contributed by atoms with Crippen molar-refractivity contribution in [2.45, 2.75) is 19.9 Å². The van der Waals surface area contributed by atoms with Crippen molar-refractivity contribution in [1.82, 2.24) is 14.3 Å². The van der Waals surface area contributed by atoms with Gasteiger partial charge < -0.3 is 9.55 Å². The Labute approximate surface area is 94.6 Å². The van der Waals surface area contributed by atoms with Crippen molar-refractivity contribution < 1.29 is 8.42 Å². The Balaban J connectivity index is 2.65. The quantitative estimate of drug-likeness (QED) is 0.753. The Kier molecular flexibility index (Phi) is 4.06. The molecule has 0 fully saturated rings. The summed E-state index contributed by atoms with van der Waals surface area (Å²) >= 11 is 5.08. The number of H-pyrrole nitrogens is 1. The molecule has 2 N–H and O–H groups in total. The van der Waals surface area contributed by atoms with Crippen LogP contribution in [0.5, 0.6) is 0 Å². The molecule has 0 atom stereocenters. The van der Waals surface area contributed by atoms with Crippen LogP contribution in [0.25, 0.3) is 0 Å². The topological polar surface area (TPSA) is 66.9 Å². The maximum absolute atomic E-state index is 10.8. The third-order valence-electron chi connectivity index (χ3n) is 2.02. The van der Waals surface area contributed by atoms with Gasteiger partial charge in [-0.3, -0.25) is 0 Å². The zero-order valence-corrected chi connectivity index (χ0v) is 10.4. The number of sulfonamides is 1. The van der Waals surface area contributed by atoms with Crippen LogP contribution in [-0.2, 0) is 23.0 Å². The van der Waals surface area contributed by atoms with Gasteiger partial charge in [0.1, 0.15) is 0 Å². The first-order chi connectivity index (χ1) is 6.94. The molecule has 0 bridgehead atoms. The molecule has 0 saturated carbocycles. The number of imidazole rings is 1. The molecule has 0 aliphatic heterocycles. The number of aromatic nitrogens is 2. The molecule has 1 rings (SSSR count). The fraction of sp³-hybridized carbons (Fsp3) is 0.625. The average molecular weight is 249 g/mol. The Morgan fingerprint density at radius 3 is 2.80 bits per heavy atom. The lowest BCUT2D eigenvalue weighted by atomic mass is 10.3. The molecule has 0 amide bonds. The molecule has 5 nitrogen and oxygen atoms in total. The van der Waals surface area contributed by atoms with Gasteiger partial charge in [0, 0.05) is 25.0 Å². The molecule has 1 heterocycles. The molecule has 0 aromatic carbocycles. The van der Waals surface area contributed by atoms with Gasteiger partial charge >= 0.3 is 0 Å². The molecule has 1 aromatic heterocycles. The first-order valence-electron chi connectivity index (χ1n) is 4.65. The summed E-state index contributed by atoms with van der Waals surface area (Å²) in [6.45, 7) is 2.94. The number of nitrogens with zero attached hydrogens (tertiary/aromatic N) is 1. The number of hydrogen-bond acceptors (Lipinski definition) is 3. The molecule has 86 valence electrons. The minimum Gasteiger partial charge on any atom is -0.337 e. The minimum atomic E-state index is -3.12. The molecular formula is C8H15N3O2S2. The third kappa shape index (κ3) is 3.77. The summed E-state index contributed by atoms with van der Waals surface area (Å²) in [4.78, 5) is 2.94. The maximum Gasteiger partial charge on any atom is 0.208 e. The summed E-state index contributed by atoms with van der Waals surface area (Å²) in [6, 6.07) is 0. The van der Waals surface area contributed by atoms with Crippen molar-refractivity contribution in [3.05, 3.63) is 16.7 Å². The summed E-state index contributed by atoms with van der Waals surface area (Å²) in [5.41, 5.74) is 1.08. The molecule has 0 spiro atoms. The van der Waals surface area contributed by atoms with E-state index in [4.69, 9.17) is 12.2 Å². The van der Waals surface area contributed by atoms with Gasteiger partial charge in [0.25, 0.3) is 0 Å². The summed E-state index contributed by atoms with van der Waals surface area (Å²) in [5, 5.41) is 0. The van der Waals surface area contributed by atoms with Gasteiger partial charge in [0.2, 0.25) is 10.0 Å². The van der Waals surface area contributed by atoms with Crippen LogP contribution in [0.3, 0.4) is 0 Å². The van der Waals surface area contributed by atoms with E-state index >= 15 is 0 Å². The van der Waals surface area contributed by atoms with Crippen LogP contribution >= 0.6 is 12.2 Å². The number of rotatable bonds is 5. The first-order valence-corrected chi connectivity index (χ1v) is 6.95. The van der Waals surface area contributed by atoms with Crippen molar-refractivity contribution in [3.8, 4) is 0 Å². The monoisotopic (exact) mass is 249 g/mol. The van der Waals surface area contributed by atoms with Gasteiger partial charge in [0.15, 0.2) is 4.77 Å². The molecule has 15 heavy (non-hydrogen) atoms. The standard InChI is InChI=1S/C8H15N3O2S2/c1-3-7-6-9-8(14)11(7)5-4-10-15(2,12)13/h6,10H,3-5H2,1-2H3,(H,9,14). The van der Waals surface area contributed by atoms with Crippen LogP contribution in [0.4, 0.5) is 0 Å². The first kappa shape index (κ1) is 12.4. The average Bonchev–Trinajstić information content (AvgIpc) is 2.46. The van der Waals surface area contributed by atoms with Crippen LogP contribution in [0.1, 0.15) is 12.6 Å². The predicted molar refractivity (Wildman–Crippen MR) is 61.8 cm³/mol. The normalized spacial score (nSPS) is 11.9. The van der Waals surface area contributed by atoms with E-state index in [9.17, 15) is 8.42 Å². The van der Waals surface area contributed by atoms with Crippen LogP contribution in [0, 0.1) is 4.77 Å². The molecule has 0 saturated heterocycles. The molecule has 0 aliphatic rings. The molecule has 1 aromatic rings. The highest BCUT2D eigenvalue weighted by Gasteiger charge is 2.03. The Morgan fingerprint density at radius 1 is 1.60 bits per heavy atom. The Hall–Kier alpha value is -0.660. The highest BCUT2D eigenvalue weighted by molar-refractivity contribution is 7.88. The smallest absolute Gasteiger partial charge is 0.208 e. The van der Waals surface area contributed by atoms with E-state index in [0.29, 0.717) is 17.9 Å². The summed E-state index contributed by atoms with van der Waals surface area (Å²) < 4.78 is 26.6. The zero-order chi connectivity index (χ0) is 11.5. The molecule has 0 aliphatic carbocycles. The highest BCUT2D eigenvalue weighted by atomic mass is 32.2. The maximum atomic E-state index is 10.8. The van der Waals surface area contributed by atoms with Crippen molar-refractivity contribution in [2.75, 3.05) is 12.8 Å². The fourth-order valence-corrected chi connectivity index (χ4v) is 2.04. The fourth-order valence-electron chi connectivity index (χ4n) is 1.31. The van der Waals surface area contributed by atoms with Crippen LogP contribution in [0.2, 0.25) is 0 Å². The summed E-state index contributed by atoms with van der Waals surface area (Å²) in [6.07, 6.45) is 3.86. The highest BCUT2D eigenvalue weighted by Crippen LogP contribution is 2.01. The van der Waals surface area contributed by atoms with E-state index in [1.54, 1.807) is 0 Å². The van der Waals surface area contributed by atoms with Gasteiger partial charge in [-0.05, 0) is 18.6 Å². The van der Waals surface area contributed by atoms with Crippen molar-refractivity contribution in [1.29, 1.82) is 0 Å². The number of aromatic amines is 1. The van der Waals surface area contributed by atoms with E-state index in [2.05, 4.69) is 9.71 Å². The second-order valence-electron chi connectivity index (χ2n) is 3.26. The largest absolute Gasteiger partial charge is 0.337 e. The Morgan fingerprint density at radius 2 is 2.27 bits per heavy atom. The van der Waals surface area contributed by atoms with Gasteiger partial charge in [-0.15, -0.1) is 0 Å². The van der Waals surface area contributed by atoms with Crippen molar-refractivity contribution in [2.24, 2.45) is 0 Å². The van der Waals surface area contributed by atoms with E-state index in [1.807, 2.05) is 17.7 Å². The Bertz CT molecular complexity index is 472. The van der Waals surface area contributed by atoms with Gasteiger partial charge in [-0.2, -0.15) is 0 Å². The zero-order valence-electron chi connectivity index (χ0n) is 8.78. The number of aryl methyl sites for hydroxylation is 1. The summed E-state index contributed by atoms with van der Waals surface area (Å²) in [7, 11) is -3.12. The van der Waals surface area contributed by atoms with E-state index in [1.165, 1.54) is 0 Å². The lowest BCUT2D eigenvalue weighted by molar-refractivity contribution is 0.574. The van der Waals surface area contributed by atoms with Crippen LogP contribution < -0.4 is 4.72 Å². The second kappa shape index (κ2) is 4.91. The molecule has 0 radical (unpaired) electrons. The van der Waals surface area contributed by atoms with Gasteiger partial charge in [-0.25, -0.2) is 13.1 Å². The van der Waals surface area contributed by atoms with E-state index in [-0.39, 0.29) is 0 Å². The summed E-state index contributed by atoms with van der Waals surface area (Å²) in [5.74, 6) is 0. The second-order valence-corrected chi connectivity index (χ2v) is 5.48. The molecule has 7 heteroatoms. The van der Waals surface area contributed by atoms with Gasteiger partial charge in [-0.1, -0.05) is 6.92 Å². The molecular weight excluding hydrogens is 234 g/mol. The van der Waals surface area contributed by atoms with Crippen molar-refractivity contribution >= 4 is 22.2 Å².